The Morgan fingerprint density at radius 1 is 1.33 bits per heavy atom. The number of alkyl carbamates (subject to hydrolysis) is 1. The first-order valence-electron chi connectivity index (χ1n) is 11.2. The van der Waals surface area contributed by atoms with E-state index in [-0.39, 0.29) is 18.2 Å². The fraction of sp³-hybridized carbons (Fsp3) is 0.727. The zero-order valence-electron chi connectivity index (χ0n) is 18.8. The molecule has 2 aliphatic heterocycles. The van der Waals surface area contributed by atoms with Crippen LogP contribution in [0.15, 0.2) is 27.8 Å². The topological polar surface area (TPSA) is 82.3 Å². The first-order valence-corrected chi connectivity index (χ1v) is 11.2. The Kier molecular flexibility index (Phi) is 7.64. The highest BCUT2D eigenvalue weighted by Gasteiger charge is 2.29. The number of amides is 1. The predicted molar refractivity (Wildman–Crippen MR) is 118 cm³/mol. The van der Waals surface area contributed by atoms with Crippen molar-refractivity contribution in [1.82, 2.24) is 20.4 Å². The van der Waals surface area contributed by atoms with Gasteiger partial charge in [0.05, 0.1) is 24.9 Å². The van der Waals surface area contributed by atoms with Crippen LogP contribution >= 0.6 is 0 Å². The minimum atomic E-state index is -0.491. The maximum absolute atomic E-state index is 12.1. The molecule has 0 aliphatic carbocycles. The van der Waals surface area contributed by atoms with E-state index in [2.05, 4.69) is 27.4 Å². The van der Waals surface area contributed by atoms with Gasteiger partial charge < -0.3 is 24.7 Å². The minimum absolute atomic E-state index is 0.0585. The lowest BCUT2D eigenvalue weighted by molar-refractivity contribution is 0.0507. The SMILES string of the molecule is CCNC(=NCC(c1ccco1)N1CCCC1)N1CCC(NC(=O)OC(C)(C)C)C1. The number of ether oxygens (including phenoxy) is 1. The minimum Gasteiger partial charge on any atom is -0.468 e. The van der Waals surface area contributed by atoms with Crippen molar-refractivity contribution in [3.8, 4) is 0 Å². The van der Waals surface area contributed by atoms with Crippen LogP contribution in [0.4, 0.5) is 4.79 Å². The number of likely N-dealkylation sites (tertiary alicyclic amines) is 2. The van der Waals surface area contributed by atoms with Gasteiger partial charge in [0, 0.05) is 19.6 Å². The summed E-state index contributed by atoms with van der Waals surface area (Å²) in [5.41, 5.74) is -0.491. The van der Waals surface area contributed by atoms with E-state index in [0.29, 0.717) is 6.54 Å². The van der Waals surface area contributed by atoms with Crippen LogP contribution in [-0.2, 0) is 4.74 Å². The Labute approximate surface area is 180 Å². The molecule has 2 aliphatic rings. The van der Waals surface area contributed by atoms with Crippen molar-refractivity contribution in [3.05, 3.63) is 24.2 Å². The van der Waals surface area contributed by atoms with Gasteiger partial charge in [0.15, 0.2) is 5.96 Å². The van der Waals surface area contributed by atoms with E-state index in [9.17, 15) is 4.79 Å². The number of hydrogen-bond donors (Lipinski definition) is 2. The lowest BCUT2D eigenvalue weighted by Crippen LogP contribution is -2.44. The van der Waals surface area contributed by atoms with E-state index in [0.717, 1.165) is 50.9 Å². The lowest BCUT2D eigenvalue weighted by atomic mass is 10.2. The molecule has 2 saturated heterocycles. The molecule has 0 saturated carbocycles. The second-order valence-electron chi connectivity index (χ2n) is 9.05. The van der Waals surface area contributed by atoms with Gasteiger partial charge in [-0.2, -0.15) is 0 Å². The largest absolute Gasteiger partial charge is 0.468 e. The quantitative estimate of drug-likeness (QED) is 0.545. The molecule has 1 aromatic heterocycles. The van der Waals surface area contributed by atoms with E-state index < -0.39 is 5.60 Å². The normalized spacial score (nSPS) is 21.7. The Bertz CT molecular complexity index is 692. The number of nitrogens with one attached hydrogen (secondary N) is 2. The summed E-state index contributed by atoms with van der Waals surface area (Å²) in [6.07, 6.45) is 4.71. The number of rotatable bonds is 6. The Morgan fingerprint density at radius 3 is 2.73 bits per heavy atom. The van der Waals surface area contributed by atoms with Gasteiger partial charge in [-0.1, -0.05) is 0 Å². The fourth-order valence-corrected chi connectivity index (χ4v) is 4.06. The van der Waals surface area contributed by atoms with Gasteiger partial charge in [0.25, 0.3) is 0 Å². The van der Waals surface area contributed by atoms with Crippen LogP contribution in [0.25, 0.3) is 0 Å². The number of hydrogen-bond acceptors (Lipinski definition) is 5. The predicted octanol–water partition coefficient (Wildman–Crippen LogP) is 2.98. The highest BCUT2D eigenvalue weighted by molar-refractivity contribution is 5.80. The summed E-state index contributed by atoms with van der Waals surface area (Å²) in [7, 11) is 0. The van der Waals surface area contributed by atoms with Gasteiger partial charge in [-0.3, -0.25) is 9.89 Å². The fourth-order valence-electron chi connectivity index (χ4n) is 4.06. The Balaban J connectivity index is 1.61. The molecule has 168 valence electrons. The standard InChI is InChI=1S/C22H37N5O3/c1-5-23-20(27-13-10-17(16-27)25-21(28)30-22(2,3)4)24-15-18(19-9-8-14-29-19)26-11-6-7-12-26/h8-9,14,17-18H,5-7,10-13,15-16H2,1-4H3,(H,23,24)(H,25,28). The van der Waals surface area contributed by atoms with Crippen molar-refractivity contribution >= 4 is 12.1 Å². The summed E-state index contributed by atoms with van der Waals surface area (Å²) in [4.78, 5) is 21.7. The number of furan rings is 1. The molecule has 2 unspecified atom stereocenters. The molecule has 2 N–H and O–H groups in total. The second kappa shape index (κ2) is 10.2. The van der Waals surface area contributed by atoms with Gasteiger partial charge in [0.1, 0.15) is 11.4 Å². The van der Waals surface area contributed by atoms with Crippen LogP contribution in [0.3, 0.4) is 0 Å². The van der Waals surface area contributed by atoms with Gasteiger partial charge >= 0.3 is 6.09 Å². The third-order valence-corrected chi connectivity index (χ3v) is 5.41. The number of carbonyl (C=O) groups excluding carboxylic acids is 1. The lowest BCUT2D eigenvalue weighted by Gasteiger charge is -2.26. The maximum atomic E-state index is 12.1. The van der Waals surface area contributed by atoms with Crippen molar-refractivity contribution in [2.75, 3.05) is 39.3 Å². The molecule has 2 fully saturated rings. The zero-order chi connectivity index (χ0) is 21.6. The van der Waals surface area contributed by atoms with Gasteiger partial charge in [-0.25, -0.2) is 4.79 Å². The van der Waals surface area contributed by atoms with Crippen molar-refractivity contribution in [2.24, 2.45) is 4.99 Å². The van der Waals surface area contributed by atoms with E-state index >= 15 is 0 Å². The molecule has 8 nitrogen and oxygen atoms in total. The molecule has 3 rings (SSSR count). The van der Waals surface area contributed by atoms with E-state index in [1.807, 2.05) is 32.9 Å². The Morgan fingerprint density at radius 2 is 2.10 bits per heavy atom. The second-order valence-corrected chi connectivity index (χ2v) is 9.05. The van der Waals surface area contributed by atoms with Gasteiger partial charge in [0.2, 0.25) is 0 Å². The summed E-state index contributed by atoms with van der Waals surface area (Å²) in [5, 5.41) is 6.40. The van der Waals surface area contributed by atoms with Crippen LogP contribution in [0.1, 0.15) is 58.8 Å². The molecule has 1 aromatic rings. The zero-order valence-corrected chi connectivity index (χ0v) is 18.8. The highest BCUT2D eigenvalue weighted by atomic mass is 16.6. The van der Waals surface area contributed by atoms with Crippen LogP contribution in [0.2, 0.25) is 0 Å². The third kappa shape index (κ3) is 6.39. The number of aliphatic imine (C=N–C) groups is 1. The number of guanidine groups is 1. The summed E-state index contributed by atoms with van der Waals surface area (Å²) < 4.78 is 11.1. The van der Waals surface area contributed by atoms with Crippen molar-refractivity contribution in [1.29, 1.82) is 0 Å². The summed E-state index contributed by atoms with van der Waals surface area (Å²) in [6, 6.07) is 4.21. The molecule has 3 heterocycles. The van der Waals surface area contributed by atoms with Crippen LogP contribution in [-0.4, -0.2) is 72.8 Å². The highest BCUT2D eigenvalue weighted by Crippen LogP contribution is 2.26. The summed E-state index contributed by atoms with van der Waals surface area (Å²) >= 11 is 0. The van der Waals surface area contributed by atoms with E-state index in [4.69, 9.17) is 14.1 Å². The molecule has 1 amide bonds. The number of carbonyl (C=O) groups is 1. The molecule has 0 radical (unpaired) electrons. The molecular weight excluding hydrogens is 382 g/mol. The monoisotopic (exact) mass is 419 g/mol. The van der Waals surface area contributed by atoms with E-state index in [1.54, 1.807) is 6.26 Å². The van der Waals surface area contributed by atoms with Crippen LogP contribution in [0.5, 0.6) is 0 Å². The summed E-state index contributed by atoms with van der Waals surface area (Å²) in [5.74, 6) is 1.86. The molecule has 0 spiro atoms. The molecule has 2 atom stereocenters. The van der Waals surface area contributed by atoms with Gasteiger partial charge in [-0.15, -0.1) is 0 Å². The molecule has 30 heavy (non-hydrogen) atoms. The molecule has 8 heteroatoms. The van der Waals surface area contributed by atoms with Crippen LogP contribution < -0.4 is 10.6 Å². The molecular formula is C22H37N5O3. The van der Waals surface area contributed by atoms with Crippen molar-refractivity contribution < 1.29 is 13.9 Å². The molecule has 0 bridgehead atoms. The first kappa shape index (κ1) is 22.5. The first-order chi connectivity index (χ1) is 14.4. The smallest absolute Gasteiger partial charge is 0.407 e. The van der Waals surface area contributed by atoms with Crippen molar-refractivity contribution in [3.63, 3.8) is 0 Å². The average molecular weight is 420 g/mol. The summed E-state index contributed by atoms with van der Waals surface area (Å²) in [6.45, 7) is 12.9. The Hall–Kier alpha value is -2.22. The van der Waals surface area contributed by atoms with E-state index in [1.165, 1.54) is 12.8 Å². The van der Waals surface area contributed by atoms with Crippen LogP contribution in [0, 0.1) is 0 Å². The molecule has 0 aromatic carbocycles. The number of nitrogens with zero attached hydrogens (tertiary/aromatic N) is 3. The third-order valence-electron chi connectivity index (χ3n) is 5.41. The van der Waals surface area contributed by atoms with Gasteiger partial charge in [-0.05, 0) is 72.2 Å². The maximum Gasteiger partial charge on any atom is 0.407 e. The van der Waals surface area contributed by atoms with Crippen molar-refractivity contribution in [2.45, 2.75) is 64.6 Å². The average Bonchev–Trinajstić information content (AvgIpc) is 3.42.